The van der Waals surface area contributed by atoms with Gasteiger partial charge in [0.1, 0.15) is 11.6 Å². The monoisotopic (exact) mass is 387 g/mol. The number of carbonyl (C=O) groups excluding carboxylic acids is 1. The van der Waals surface area contributed by atoms with Gasteiger partial charge < -0.3 is 15.4 Å². The summed E-state index contributed by atoms with van der Waals surface area (Å²) in [5, 5.41) is 7.12. The van der Waals surface area contributed by atoms with Crippen molar-refractivity contribution in [2.75, 3.05) is 18.4 Å². The van der Waals surface area contributed by atoms with Crippen LogP contribution in [0, 0.1) is 0 Å². The summed E-state index contributed by atoms with van der Waals surface area (Å²) < 4.78 is 5.54. The van der Waals surface area contributed by atoms with E-state index in [9.17, 15) is 4.79 Å². The molecule has 0 radical (unpaired) electrons. The quantitative estimate of drug-likeness (QED) is 0.703. The number of ether oxygens (including phenoxy) is 1. The van der Waals surface area contributed by atoms with Gasteiger partial charge in [0.2, 0.25) is 0 Å². The molecule has 0 aliphatic carbocycles. The van der Waals surface area contributed by atoms with Crippen LogP contribution in [0.3, 0.4) is 0 Å². The van der Waals surface area contributed by atoms with E-state index in [1.54, 1.807) is 37.3 Å². The largest absolute Gasteiger partial charge is 0.479 e. The van der Waals surface area contributed by atoms with Gasteiger partial charge in [0.05, 0.1) is 15.1 Å². The number of pyridine rings is 1. The maximum absolute atomic E-state index is 12.0. The van der Waals surface area contributed by atoms with Crippen LogP contribution < -0.4 is 15.4 Å². The molecule has 8 heteroatoms. The van der Waals surface area contributed by atoms with Gasteiger partial charge in [0.25, 0.3) is 5.91 Å². The highest BCUT2D eigenvalue weighted by Gasteiger charge is 2.15. The lowest BCUT2D eigenvalue weighted by Crippen LogP contribution is -2.38. The second-order valence-electron chi connectivity index (χ2n) is 4.89. The number of amides is 1. The number of para-hydroxylation sites is 1. The summed E-state index contributed by atoms with van der Waals surface area (Å²) in [5.41, 5.74) is 0. The number of benzene rings is 1. The summed E-state index contributed by atoms with van der Waals surface area (Å²) in [6, 6.07) is 8.59. The molecule has 0 aliphatic rings. The van der Waals surface area contributed by atoms with Crippen molar-refractivity contribution in [3.63, 3.8) is 0 Å². The number of aromatic nitrogens is 1. The molecule has 1 atom stereocenters. The molecule has 5 nitrogen and oxygen atoms in total. The standard InChI is InChI=1S/C16H16Cl3N3O2/c1-10(24-14-5-3-2-4-12(14)18)16(23)21-7-6-20-15-13(19)8-11(17)9-22-15/h2-5,8-10H,6-7H2,1H3,(H,20,22)(H,21,23). The summed E-state index contributed by atoms with van der Waals surface area (Å²) in [6.07, 6.45) is 0.829. The SMILES string of the molecule is CC(Oc1ccccc1Cl)C(=O)NCCNc1ncc(Cl)cc1Cl. The first-order chi connectivity index (χ1) is 11.5. The van der Waals surface area contributed by atoms with E-state index in [4.69, 9.17) is 39.5 Å². The van der Waals surface area contributed by atoms with E-state index in [0.717, 1.165) is 0 Å². The zero-order valence-electron chi connectivity index (χ0n) is 12.9. The van der Waals surface area contributed by atoms with Crippen molar-refractivity contribution in [2.24, 2.45) is 0 Å². The molecule has 2 rings (SSSR count). The maximum atomic E-state index is 12.0. The third-order valence-electron chi connectivity index (χ3n) is 3.03. The van der Waals surface area contributed by atoms with E-state index >= 15 is 0 Å². The van der Waals surface area contributed by atoms with E-state index in [1.165, 1.54) is 6.20 Å². The van der Waals surface area contributed by atoms with Gasteiger partial charge in [0, 0.05) is 19.3 Å². The van der Waals surface area contributed by atoms with Gasteiger partial charge in [-0.2, -0.15) is 0 Å². The molecular formula is C16H16Cl3N3O2. The minimum atomic E-state index is -0.665. The second kappa shape index (κ2) is 8.97. The first-order valence-electron chi connectivity index (χ1n) is 7.21. The predicted molar refractivity (Wildman–Crippen MR) is 97.3 cm³/mol. The van der Waals surface area contributed by atoms with Gasteiger partial charge in [0.15, 0.2) is 6.10 Å². The molecule has 1 amide bonds. The number of halogens is 3. The van der Waals surface area contributed by atoms with Gasteiger partial charge in [-0.1, -0.05) is 46.9 Å². The Bertz CT molecular complexity index is 713. The molecule has 24 heavy (non-hydrogen) atoms. The van der Waals surface area contributed by atoms with E-state index in [-0.39, 0.29) is 5.91 Å². The van der Waals surface area contributed by atoms with Gasteiger partial charge in [-0.05, 0) is 25.1 Å². The summed E-state index contributed by atoms with van der Waals surface area (Å²) in [4.78, 5) is 16.1. The van der Waals surface area contributed by atoms with Crippen LogP contribution in [0.4, 0.5) is 5.82 Å². The minimum absolute atomic E-state index is 0.244. The number of nitrogens with one attached hydrogen (secondary N) is 2. The van der Waals surface area contributed by atoms with Crippen molar-refractivity contribution < 1.29 is 9.53 Å². The Labute approximate surface area is 155 Å². The molecule has 0 saturated heterocycles. The summed E-state index contributed by atoms with van der Waals surface area (Å²) in [6.45, 7) is 2.50. The fourth-order valence-corrected chi connectivity index (χ4v) is 2.47. The lowest BCUT2D eigenvalue weighted by molar-refractivity contribution is -0.127. The average molecular weight is 389 g/mol. The van der Waals surface area contributed by atoms with E-state index in [2.05, 4.69) is 15.6 Å². The molecular weight excluding hydrogens is 373 g/mol. The Hall–Kier alpha value is -1.69. The number of carbonyl (C=O) groups is 1. The van der Waals surface area contributed by atoms with Crippen LogP contribution >= 0.6 is 34.8 Å². The Balaban J connectivity index is 1.75. The van der Waals surface area contributed by atoms with E-state index in [0.29, 0.717) is 39.7 Å². The van der Waals surface area contributed by atoms with E-state index < -0.39 is 6.10 Å². The van der Waals surface area contributed by atoms with Crippen LogP contribution in [0.25, 0.3) is 0 Å². The van der Waals surface area contributed by atoms with Crippen LogP contribution in [0.5, 0.6) is 5.75 Å². The lowest BCUT2D eigenvalue weighted by atomic mass is 10.3. The lowest BCUT2D eigenvalue weighted by Gasteiger charge is -2.16. The third kappa shape index (κ3) is 5.44. The molecule has 1 heterocycles. The van der Waals surface area contributed by atoms with Crippen molar-refractivity contribution in [1.82, 2.24) is 10.3 Å². The molecule has 0 saturated carbocycles. The van der Waals surface area contributed by atoms with Crippen molar-refractivity contribution in [3.05, 3.63) is 51.6 Å². The Morgan fingerprint density at radius 3 is 2.67 bits per heavy atom. The zero-order chi connectivity index (χ0) is 17.5. The normalized spacial score (nSPS) is 11.7. The first kappa shape index (κ1) is 18.6. The molecule has 1 unspecified atom stereocenters. The molecule has 2 aromatic rings. The molecule has 0 aliphatic heterocycles. The van der Waals surface area contributed by atoms with Crippen LogP contribution in [-0.4, -0.2) is 30.1 Å². The van der Waals surface area contributed by atoms with Crippen LogP contribution in [0.1, 0.15) is 6.92 Å². The average Bonchev–Trinajstić information content (AvgIpc) is 2.55. The molecule has 1 aromatic heterocycles. The minimum Gasteiger partial charge on any atom is -0.479 e. The van der Waals surface area contributed by atoms with Crippen molar-refractivity contribution >= 4 is 46.5 Å². The topological polar surface area (TPSA) is 63.2 Å². The Morgan fingerprint density at radius 1 is 1.21 bits per heavy atom. The summed E-state index contributed by atoms with van der Waals surface area (Å²) in [7, 11) is 0. The van der Waals surface area contributed by atoms with Gasteiger partial charge >= 0.3 is 0 Å². The van der Waals surface area contributed by atoms with Gasteiger partial charge in [-0.15, -0.1) is 0 Å². The first-order valence-corrected chi connectivity index (χ1v) is 8.34. The molecule has 128 valence electrons. The highest BCUT2D eigenvalue weighted by molar-refractivity contribution is 6.36. The number of hydrogen-bond acceptors (Lipinski definition) is 4. The highest BCUT2D eigenvalue weighted by atomic mass is 35.5. The van der Waals surface area contributed by atoms with Gasteiger partial charge in [-0.25, -0.2) is 4.98 Å². The second-order valence-corrected chi connectivity index (χ2v) is 6.14. The van der Waals surface area contributed by atoms with Crippen LogP contribution in [-0.2, 0) is 4.79 Å². The van der Waals surface area contributed by atoms with Gasteiger partial charge in [-0.3, -0.25) is 4.79 Å². The summed E-state index contributed by atoms with van der Waals surface area (Å²) in [5.74, 6) is 0.736. The third-order valence-corrected chi connectivity index (χ3v) is 3.84. The fraction of sp³-hybridized carbons (Fsp3) is 0.250. The highest BCUT2D eigenvalue weighted by Crippen LogP contribution is 2.24. The van der Waals surface area contributed by atoms with Crippen molar-refractivity contribution in [3.8, 4) is 5.75 Å². The van der Waals surface area contributed by atoms with E-state index in [1.807, 2.05) is 0 Å². The zero-order valence-corrected chi connectivity index (χ0v) is 15.1. The Kier molecular flexibility index (Phi) is 6.97. The summed E-state index contributed by atoms with van der Waals surface area (Å²) >= 11 is 17.8. The Morgan fingerprint density at radius 2 is 1.96 bits per heavy atom. The molecule has 0 spiro atoms. The molecule has 2 N–H and O–H groups in total. The number of anilines is 1. The van der Waals surface area contributed by atoms with Crippen molar-refractivity contribution in [2.45, 2.75) is 13.0 Å². The number of rotatable bonds is 7. The number of nitrogens with zero attached hydrogens (tertiary/aromatic N) is 1. The fourth-order valence-electron chi connectivity index (χ4n) is 1.84. The smallest absolute Gasteiger partial charge is 0.260 e. The molecule has 1 aromatic carbocycles. The number of hydrogen-bond donors (Lipinski definition) is 2. The molecule has 0 bridgehead atoms. The van der Waals surface area contributed by atoms with Crippen molar-refractivity contribution in [1.29, 1.82) is 0 Å². The predicted octanol–water partition coefficient (Wildman–Crippen LogP) is 4.04. The van der Waals surface area contributed by atoms with Crippen LogP contribution in [0.15, 0.2) is 36.5 Å². The maximum Gasteiger partial charge on any atom is 0.260 e. The van der Waals surface area contributed by atoms with Crippen LogP contribution in [0.2, 0.25) is 15.1 Å². The molecule has 0 fully saturated rings.